The largest absolute Gasteiger partial charge is 0.504 e. The number of hydrogen-bond donors (Lipinski definition) is 2. The summed E-state index contributed by atoms with van der Waals surface area (Å²) in [5, 5.41) is 23.2. The lowest BCUT2D eigenvalue weighted by Gasteiger charge is -2.75. The van der Waals surface area contributed by atoms with Gasteiger partial charge in [-0.2, -0.15) is 0 Å². The van der Waals surface area contributed by atoms with E-state index in [-0.39, 0.29) is 28.6 Å². The molecule has 1 aromatic carbocycles. The van der Waals surface area contributed by atoms with Crippen LogP contribution in [-0.2, 0) is 16.6 Å². The van der Waals surface area contributed by atoms with Gasteiger partial charge in [-0.3, -0.25) is 4.90 Å². The van der Waals surface area contributed by atoms with Crippen LogP contribution in [0.15, 0.2) is 12.1 Å². The quantitative estimate of drug-likeness (QED) is 0.648. The third kappa shape index (κ3) is 2.30. The Morgan fingerprint density at radius 2 is 1.94 bits per heavy atom. The fourth-order valence-electron chi connectivity index (χ4n) is 10.7. The van der Waals surface area contributed by atoms with Crippen molar-refractivity contribution >= 4 is 0 Å². The Hall–Kier alpha value is -1.30. The molecular weight excluding hydrogens is 438 g/mol. The summed E-state index contributed by atoms with van der Waals surface area (Å²) in [6, 6.07) is 4.52. The fourth-order valence-corrected chi connectivity index (χ4v) is 10.7. The lowest BCUT2D eigenvalue weighted by Crippen LogP contribution is -2.83. The molecule has 7 atom stereocenters. The molecule has 2 spiro atoms. The van der Waals surface area contributed by atoms with Crippen molar-refractivity contribution in [2.24, 2.45) is 23.2 Å². The summed E-state index contributed by atoms with van der Waals surface area (Å²) < 4.78 is 13.5. The highest BCUT2D eigenvalue weighted by atomic mass is 16.6. The molecular formula is C30H41NO4. The van der Waals surface area contributed by atoms with Crippen LogP contribution in [0.2, 0.25) is 0 Å². The second-order valence-corrected chi connectivity index (χ2v) is 13.6. The van der Waals surface area contributed by atoms with Gasteiger partial charge >= 0.3 is 0 Å². The lowest BCUT2D eigenvalue weighted by atomic mass is 9.33. The zero-order valence-electron chi connectivity index (χ0n) is 21.4. The SMILES string of the molecule is CO[C@]12CC[C@@]3(C[C@@H]1[C@](C)(O)C1CCC1)[C@H]1Cc4ccc(O)c5c4[C@@]3(CCN1CC1CCC1)[C@H]2O5. The van der Waals surface area contributed by atoms with Gasteiger partial charge in [0.25, 0.3) is 0 Å². The number of phenolic OH excluding ortho intramolecular Hbond substituents is 1. The minimum Gasteiger partial charge on any atom is -0.504 e. The van der Waals surface area contributed by atoms with Crippen molar-refractivity contribution in [1.82, 2.24) is 4.90 Å². The molecule has 8 aliphatic rings. The Morgan fingerprint density at radius 1 is 1.14 bits per heavy atom. The first kappa shape index (κ1) is 21.8. The first-order valence-corrected chi connectivity index (χ1v) is 14.4. The topological polar surface area (TPSA) is 62.2 Å². The van der Waals surface area contributed by atoms with Crippen LogP contribution in [0.25, 0.3) is 0 Å². The van der Waals surface area contributed by atoms with Gasteiger partial charge in [0, 0.05) is 42.0 Å². The minimum absolute atomic E-state index is 0.0568. The molecule has 0 aromatic heterocycles. The molecule has 1 aromatic rings. The predicted octanol–water partition coefficient (Wildman–Crippen LogP) is 4.56. The number of ether oxygens (including phenoxy) is 2. The Morgan fingerprint density at radius 3 is 2.63 bits per heavy atom. The number of rotatable bonds is 5. The molecule has 35 heavy (non-hydrogen) atoms. The average Bonchev–Trinajstić information content (AvgIpc) is 3.14. The zero-order valence-corrected chi connectivity index (χ0v) is 21.4. The standard InChI is InChI=1S/C30H41NO4/c1-27(33,20-7-4-8-20)22-16-28-11-12-30(22,34-2)26-29(28)13-14-31(17-18-5-3-6-18)23(28)15-19-9-10-21(32)25(35-26)24(19)29/h9-10,18,20,22-23,26,32-33H,3-8,11-17H2,1-2H3/t22-,23-,26-,27-,28-,29+,30-/m1/s1. The van der Waals surface area contributed by atoms with Crippen LogP contribution < -0.4 is 4.74 Å². The number of piperidine rings is 1. The average molecular weight is 480 g/mol. The maximum absolute atomic E-state index is 12.2. The highest BCUT2D eigenvalue weighted by Gasteiger charge is 2.82. The Kier molecular flexibility index (Phi) is 4.20. The van der Waals surface area contributed by atoms with Gasteiger partial charge in [-0.1, -0.05) is 18.9 Å². The number of phenols is 1. The van der Waals surface area contributed by atoms with E-state index in [4.69, 9.17) is 9.47 Å². The molecule has 1 saturated heterocycles. The molecule has 4 bridgehead atoms. The summed E-state index contributed by atoms with van der Waals surface area (Å²) in [7, 11) is 1.86. The molecule has 2 aliphatic heterocycles. The van der Waals surface area contributed by atoms with Gasteiger partial charge in [0.1, 0.15) is 11.7 Å². The van der Waals surface area contributed by atoms with E-state index in [0.717, 1.165) is 63.2 Å². The third-order valence-electron chi connectivity index (χ3n) is 12.8. The molecule has 190 valence electrons. The second kappa shape index (κ2) is 6.76. The molecule has 0 amide bonds. The van der Waals surface area contributed by atoms with Crippen LogP contribution in [0.4, 0.5) is 0 Å². The van der Waals surface area contributed by atoms with E-state index in [9.17, 15) is 10.2 Å². The van der Waals surface area contributed by atoms with Gasteiger partial charge in [0.15, 0.2) is 11.5 Å². The van der Waals surface area contributed by atoms with Gasteiger partial charge in [-0.15, -0.1) is 0 Å². The zero-order chi connectivity index (χ0) is 23.8. The molecule has 5 nitrogen and oxygen atoms in total. The molecule has 5 saturated carbocycles. The highest BCUT2D eigenvalue weighted by Crippen LogP contribution is 2.78. The summed E-state index contributed by atoms with van der Waals surface area (Å²) >= 11 is 0. The number of nitrogens with zero attached hydrogens (tertiary/aromatic N) is 1. The molecule has 0 radical (unpaired) electrons. The van der Waals surface area contributed by atoms with Crippen molar-refractivity contribution in [2.75, 3.05) is 20.2 Å². The molecule has 6 fully saturated rings. The maximum atomic E-state index is 12.2. The van der Waals surface area contributed by atoms with Gasteiger partial charge in [-0.05, 0) is 94.7 Å². The smallest absolute Gasteiger partial charge is 0.165 e. The van der Waals surface area contributed by atoms with Gasteiger partial charge in [0.05, 0.1) is 5.60 Å². The first-order chi connectivity index (χ1) is 16.9. The number of aromatic hydroxyl groups is 1. The van der Waals surface area contributed by atoms with Crippen LogP contribution in [0.3, 0.4) is 0 Å². The third-order valence-corrected chi connectivity index (χ3v) is 12.8. The highest BCUT2D eigenvalue weighted by molar-refractivity contribution is 5.63. The molecule has 2 heterocycles. The summed E-state index contributed by atoms with van der Waals surface area (Å²) in [4.78, 5) is 2.86. The number of likely N-dealkylation sites (tertiary alicyclic amines) is 1. The first-order valence-electron chi connectivity index (χ1n) is 14.4. The summed E-state index contributed by atoms with van der Waals surface area (Å²) in [5.41, 5.74) is 1.39. The van der Waals surface area contributed by atoms with Crippen molar-refractivity contribution in [3.63, 3.8) is 0 Å². The van der Waals surface area contributed by atoms with Crippen LogP contribution in [0.1, 0.15) is 82.3 Å². The number of fused-ring (bicyclic) bond motifs is 2. The maximum Gasteiger partial charge on any atom is 0.165 e. The van der Waals surface area contributed by atoms with Crippen molar-refractivity contribution in [1.29, 1.82) is 0 Å². The Balaban J connectivity index is 1.33. The predicted molar refractivity (Wildman–Crippen MR) is 133 cm³/mol. The van der Waals surface area contributed by atoms with Crippen LogP contribution in [0.5, 0.6) is 11.5 Å². The van der Waals surface area contributed by atoms with Crippen LogP contribution in [-0.4, -0.2) is 58.7 Å². The number of benzene rings is 1. The van der Waals surface area contributed by atoms with Gasteiger partial charge < -0.3 is 19.7 Å². The number of hydrogen-bond acceptors (Lipinski definition) is 5. The van der Waals surface area contributed by atoms with Crippen LogP contribution in [0, 0.1) is 23.2 Å². The monoisotopic (exact) mass is 479 g/mol. The van der Waals surface area contributed by atoms with Crippen molar-refractivity contribution in [2.45, 2.75) is 106 Å². The molecule has 2 N–H and O–H groups in total. The molecule has 5 heteroatoms. The summed E-state index contributed by atoms with van der Waals surface area (Å²) in [5.74, 6) is 2.28. The van der Waals surface area contributed by atoms with E-state index < -0.39 is 11.2 Å². The van der Waals surface area contributed by atoms with Crippen molar-refractivity contribution in [3.05, 3.63) is 23.3 Å². The number of aliphatic hydroxyl groups is 1. The van der Waals surface area contributed by atoms with Gasteiger partial charge in [-0.25, -0.2) is 0 Å². The van der Waals surface area contributed by atoms with E-state index in [2.05, 4.69) is 17.9 Å². The summed E-state index contributed by atoms with van der Waals surface area (Å²) in [6.07, 6.45) is 12.7. The van der Waals surface area contributed by atoms with Crippen molar-refractivity contribution < 1.29 is 19.7 Å². The Bertz CT molecular complexity index is 1080. The molecule has 6 aliphatic carbocycles. The van der Waals surface area contributed by atoms with Gasteiger partial charge in [0.2, 0.25) is 0 Å². The summed E-state index contributed by atoms with van der Waals surface area (Å²) in [6.45, 7) is 4.45. The van der Waals surface area contributed by atoms with E-state index >= 15 is 0 Å². The normalized spacial score (nSPS) is 45.3. The molecule has 9 rings (SSSR count). The van der Waals surface area contributed by atoms with E-state index in [1.54, 1.807) is 0 Å². The minimum atomic E-state index is -0.753. The second-order valence-electron chi connectivity index (χ2n) is 13.6. The van der Waals surface area contributed by atoms with Crippen LogP contribution >= 0.6 is 0 Å². The van der Waals surface area contributed by atoms with E-state index in [1.165, 1.54) is 43.4 Å². The van der Waals surface area contributed by atoms with Crippen molar-refractivity contribution in [3.8, 4) is 11.5 Å². The number of methoxy groups -OCH3 is 1. The molecule has 0 unspecified atom stereocenters. The Labute approximate surface area is 209 Å². The van der Waals surface area contributed by atoms with E-state index in [0.29, 0.717) is 12.0 Å². The lowest BCUT2D eigenvalue weighted by molar-refractivity contribution is -0.310. The fraction of sp³-hybridized carbons (Fsp3) is 0.800. The van der Waals surface area contributed by atoms with E-state index in [1.807, 2.05) is 13.2 Å².